The number of benzene rings is 1. The molecule has 114 valence electrons. The number of aryl methyl sites for hydroxylation is 1. The summed E-state index contributed by atoms with van der Waals surface area (Å²) >= 11 is 0. The summed E-state index contributed by atoms with van der Waals surface area (Å²) in [5.41, 5.74) is 3.57. The summed E-state index contributed by atoms with van der Waals surface area (Å²) in [6.45, 7) is 12.9. The van der Waals surface area contributed by atoms with Crippen LogP contribution in [0.4, 0.5) is 0 Å². The molecule has 0 bridgehead atoms. The predicted molar refractivity (Wildman–Crippen MR) is 93.4 cm³/mol. The van der Waals surface area contributed by atoms with Crippen molar-refractivity contribution in [1.29, 1.82) is 0 Å². The normalized spacial score (nSPS) is 13.9. The summed E-state index contributed by atoms with van der Waals surface area (Å²) in [7, 11) is 0. The van der Waals surface area contributed by atoms with Gasteiger partial charge in [-0.25, -0.2) is 0 Å². The van der Waals surface area contributed by atoms with E-state index < -0.39 is 0 Å². The van der Waals surface area contributed by atoms with E-state index in [9.17, 15) is 0 Å². The van der Waals surface area contributed by atoms with Crippen molar-refractivity contribution in [1.82, 2.24) is 0 Å². The molecule has 0 aliphatic carbocycles. The summed E-state index contributed by atoms with van der Waals surface area (Å²) in [6, 6.07) is 8.47. The highest BCUT2D eigenvalue weighted by molar-refractivity contribution is 5.49. The lowest BCUT2D eigenvalue weighted by molar-refractivity contribution is 0.0183. The molecule has 0 aliphatic heterocycles. The Morgan fingerprint density at radius 2 is 1.90 bits per heavy atom. The molecular weight excluding hydrogens is 256 g/mol. The zero-order valence-corrected chi connectivity index (χ0v) is 13.9. The maximum atomic E-state index is 5.97. The molecule has 0 fully saturated rings. The van der Waals surface area contributed by atoms with Gasteiger partial charge in [0.2, 0.25) is 0 Å². The van der Waals surface area contributed by atoms with E-state index in [1.54, 1.807) is 0 Å². The van der Waals surface area contributed by atoms with Gasteiger partial charge in [-0.3, -0.25) is 0 Å². The summed E-state index contributed by atoms with van der Waals surface area (Å²) < 4.78 is 5.97. The van der Waals surface area contributed by atoms with Crippen LogP contribution in [0, 0.1) is 6.92 Å². The Balaban J connectivity index is 2.45. The lowest BCUT2D eigenvalue weighted by Crippen LogP contribution is -2.25. The summed E-state index contributed by atoms with van der Waals surface area (Å²) in [5, 5.41) is 0. The average Bonchev–Trinajstić information content (AvgIpc) is 2.45. The first-order chi connectivity index (χ1) is 9.95. The van der Waals surface area contributed by atoms with Gasteiger partial charge in [-0.1, -0.05) is 59.7 Å². The molecule has 1 unspecified atom stereocenters. The third kappa shape index (κ3) is 7.10. The number of rotatable bonds is 8. The van der Waals surface area contributed by atoms with Crippen LogP contribution in [0.2, 0.25) is 0 Å². The van der Waals surface area contributed by atoms with E-state index in [2.05, 4.69) is 76.8 Å². The third-order valence-corrected chi connectivity index (χ3v) is 3.52. The van der Waals surface area contributed by atoms with Crippen LogP contribution < -0.4 is 0 Å². The van der Waals surface area contributed by atoms with E-state index in [4.69, 9.17) is 4.74 Å². The molecule has 1 nitrogen and oxygen atoms in total. The van der Waals surface area contributed by atoms with Crippen molar-refractivity contribution in [3.05, 3.63) is 65.8 Å². The van der Waals surface area contributed by atoms with Crippen molar-refractivity contribution >= 4 is 6.08 Å². The van der Waals surface area contributed by atoms with E-state index in [1.807, 2.05) is 6.08 Å². The number of hydrogen-bond acceptors (Lipinski definition) is 1. The van der Waals surface area contributed by atoms with Gasteiger partial charge in [-0.15, -0.1) is 6.58 Å². The zero-order chi connectivity index (χ0) is 15.7. The topological polar surface area (TPSA) is 9.23 Å². The van der Waals surface area contributed by atoms with E-state index >= 15 is 0 Å². The molecular formula is C20H28O. The number of ether oxygens (including phenoxy) is 1. The van der Waals surface area contributed by atoms with E-state index in [1.165, 1.54) is 16.7 Å². The average molecular weight is 284 g/mol. The Bertz CT molecular complexity index is 489. The van der Waals surface area contributed by atoms with Gasteiger partial charge in [0, 0.05) is 0 Å². The fourth-order valence-corrected chi connectivity index (χ4v) is 1.98. The Labute approximate surface area is 130 Å². The van der Waals surface area contributed by atoms with Crippen molar-refractivity contribution in [3.8, 4) is 0 Å². The summed E-state index contributed by atoms with van der Waals surface area (Å²) in [5.74, 6) is 0. The first-order valence-electron chi connectivity index (χ1n) is 7.59. The van der Waals surface area contributed by atoms with Crippen LogP contribution in [0.1, 0.15) is 44.7 Å². The number of hydrogen-bond donors (Lipinski definition) is 0. The van der Waals surface area contributed by atoms with Crippen LogP contribution in [-0.4, -0.2) is 12.2 Å². The highest BCUT2D eigenvalue weighted by Gasteiger charge is 2.18. The SMILES string of the molecule is C=CC(C)(CCC=C(C)C)OC/C=C/c1ccc(C)cc1. The first kappa shape index (κ1) is 17.5. The number of allylic oxidation sites excluding steroid dienone is 2. The molecule has 21 heavy (non-hydrogen) atoms. The van der Waals surface area contributed by atoms with Gasteiger partial charge in [-0.2, -0.15) is 0 Å². The van der Waals surface area contributed by atoms with Gasteiger partial charge in [0.15, 0.2) is 0 Å². The van der Waals surface area contributed by atoms with Crippen LogP contribution >= 0.6 is 0 Å². The lowest BCUT2D eigenvalue weighted by Gasteiger charge is -2.25. The molecule has 1 aromatic rings. The van der Waals surface area contributed by atoms with Gasteiger partial charge in [-0.05, 0) is 46.1 Å². The molecule has 0 amide bonds. The fraction of sp³-hybridized carbons (Fsp3) is 0.400. The molecule has 0 spiro atoms. The van der Waals surface area contributed by atoms with Crippen LogP contribution in [0.5, 0.6) is 0 Å². The molecule has 0 N–H and O–H groups in total. The minimum atomic E-state index is -0.260. The quantitative estimate of drug-likeness (QED) is 0.555. The Hall–Kier alpha value is -1.60. The van der Waals surface area contributed by atoms with Crippen LogP contribution in [0.25, 0.3) is 6.08 Å². The molecule has 0 aliphatic rings. The molecule has 1 atom stereocenters. The lowest BCUT2D eigenvalue weighted by atomic mass is 9.99. The van der Waals surface area contributed by atoms with Crippen molar-refractivity contribution in [2.24, 2.45) is 0 Å². The van der Waals surface area contributed by atoms with Gasteiger partial charge in [0.05, 0.1) is 12.2 Å². The maximum absolute atomic E-state index is 5.97. The minimum Gasteiger partial charge on any atom is -0.367 e. The molecule has 0 saturated heterocycles. The van der Waals surface area contributed by atoms with Crippen LogP contribution in [0.15, 0.2) is 54.6 Å². The predicted octanol–water partition coefficient (Wildman–Crippen LogP) is 5.72. The first-order valence-corrected chi connectivity index (χ1v) is 7.59. The molecule has 0 radical (unpaired) electrons. The largest absolute Gasteiger partial charge is 0.367 e. The van der Waals surface area contributed by atoms with Gasteiger partial charge < -0.3 is 4.74 Å². The second kappa shape index (κ2) is 8.63. The third-order valence-electron chi connectivity index (χ3n) is 3.52. The molecule has 0 saturated carbocycles. The van der Waals surface area contributed by atoms with Gasteiger partial charge in [0.1, 0.15) is 0 Å². The zero-order valence-electron chi connectivity index (χ0n) is 13.9. The summed E-state index contributed by atoms with van der Waals surface area (Å²) in [4.78, 5) is 0. The smallest absolute Gasteiger partial charge is 0.0839 e. The molecule has 0 heterocycles. The van der Waals surface area contributed by atoms with Crippen LogP contribution in [0.3, 0.4) is 0 Å². The van der Waals surface area contributed by atoms with Crippen molar-refractivity contribution in [2.75, 3.05) is 6.61 Å². The van der Waals surface area contributed by atoms with Crippen LogP contribution in [-0.2, 0) is 4.74 Å². The summed E-state index contributed by atoms with van der Waals surface area (Å²) in [6.07, 6.45) is 10.3. The Morgan fingerprint density at radius 3 is 2.48 bits per heavy atom. The maximum Gasteiger partial charge on any atom is 0.0839 e. The Morgan fingerprint density at radius 1 is 1.24 bits per heavy atom. The minimum absolute atomic E-state index is 0.260. The van der Waals surface area contributed by atoms with E-state index in [0.717, 1.165) is 12.8 Å². The second-order valence-electron chi connectivity index (χ2n) is 5.96. The standard InChI is InChI=1S/C20H28O/c1-6-20(5,15-7-9-17(2)3)21-16-8-10-19-13-11-18(4)12-14-19/h6,8-14H,1,7,15-16H2,2-5H3/b10-8+. The fourth-order valence-electron chi connectivity index (χ4n) is 1.98. The molecule has 0 aromatic heterocycles. The van der Waals surface area contributed by atoms with Crippen molar-refractivity contribution < 1.29 is 4.74 Å². The Kier molecular flexibility index (Phi) is 7.18. The molecule has 1 rings (SSSR count). The highest BCUT2D eigenvalue weighted by atomic mass is 16.5. The van der Waals surface area contributed by atoms with Gasteiger partial charge in [0.25, 0.3) is 0 Å². The molecule has 1 aromatic carbocycles. The van der Waals surface area contributed by atoms with Gasteiger partial charge >= 0.3 is 0 Å². The molecule has 1 heteroatoms. The van der Waals surface area contributed by atoms with Crippen molar-refractivity contribution in [3.63, 3.8) is 0 Å². The van der Waals surface area contributed by atoms with Crippen molar-refractivity contribution in [2.45, 2.75) is 46.1 Å². The van der Waals surface area contributed by atoms with E-state index in [0.29, 0.717) is 6.61 Å². The second-order valence-corrected chi connectivity index (χ2v) is 5.96. The monoisotopic (exact) mass is 284 g/mol. The van der Waals surface area contributed by atoms with E-state index in [-0.39, 0.29) is 5.60 Å². The highest BCUT2D eigenvalue weighted by Crippen LogP contribution is 2.20.